The summed E-state index contributed by atoms with van der Waals surface area (Å²) in [7, 11) is 3.97. The zero-order valence-corrected chi connectivity index (χ0v) is 21.1. The van der Waals surface area contributed by atoms with Gasteiger partial charge in [0.15, 0.2) is 0 Å². The number of carbonyl (C=O) groups excluding carboxylic acids is 1. The Morgan fingerprint density at radius 1 is 1.23 bits per heavy atom. The molecule has 0 aliphatic heterocycles. The third-order valence-corrected chi connectivity index (χ3v) is 7.33. The first-order valence-electron chi connectivity index (χ1n) is 10.4. The normalized spacial score (nSPS) is 11.5. The van der Waals surface area contributed by atoms with Crippen molar-refractivity contribution in [3.8, 4) is 0 Å². The first kappa shape index (κ1) is 23.7. The molecule has 0 saturated heterocycles. The van der Waals surface area contributed by atoms with Gasteiger partial charge >= 0.3 is 5.97 Å². The number of halogens is 1. The van der Waals surface area contributed by atoms with Crippen LogP contribution in [0.25, 0.3) is 10.9 Å². The third-order valence-electron chi connectivity index (χ3n) is 5.21. The number of hydrogen-bond acceptors (Lipinski definition) is 5. The number of rotatable bonds is 8. The van der Waals surface area contributed by atoms with Gasteiger partial charge in [-0.2, -0.15) is 4.73 Å². The van der Waals surface area contributed by atoms with Gasteiger partial charge in [0.05, 0.1) is 23.4 Å². The second-order valence-electron chi connectivity index (χ2n) is 7.76. The van der Waals surface area contributed by atoms with E-state index < -0.39 is 5.97 Å². The van der Waals surface area contributed by atoms with Crippen LogP contribution < -0.4 is 0 Å². The fraction of sp³-hybridized carbons (Fsp3) is 0.375. The Balaban J connectivity index is 2.15. The molecule has 0 unspecified atom stereocenters. The molecule has 2 aromatic carbocycles. The molecule has 5 nitrogen and oxygen atoms in total. The zero-order chi connectivity index (χ0) is 22.7. The van der Waals surface area contributed by atoms with E-state index in [1.54, 1.807) is 18.7 Å². The molecule has 7 heteroatoms. The molecule has 1 N–H and O–H groups in total. The maximum Gasteiger partial charge on any atom is 0.340 e. The van der Waals surface area contributed by atoms with Crippen molar-refractivity contribution in [3.05, 3.63) is 62.8 Å². The molecule has 31 heavy (non-hydrogen) atoms. The van der Waals surface area contributed by atoms with Crippen molar-refractivity contribution >= 4 is 44.6 Å². The lowest BCUT2D eigenvalue weighted by Crippen LogP contribution is -2.13. The Morgan fingerprint density at radius 3 is 2.48 bits per heavy atom. The van der Waals surface area contributed by atoms with E-state index >= 15 is 0 Å². The van der Waals surface area contributed by atoms with Crippen LogP contribution in [-0.4, -0.2) is 41.5 Å². The van der Waals surface area contributed by atoms with E-state index in [4.69, 9.17) is 4.74 Å². The molecule has 3 rings (SSSR count). The molecule has 166 valence electrons. The van der Waals surface area contributed by atoms with E-state index in [1.807, 2.05) is 32.0 Å². The molecule has 0 fully saturated rings. The molecule has 3 aromatic rings. The Labute approximate surface area is 196 Å². The summed E-state index contributed by atoms with van der Waals surface area (Å²) in [5.41, 5.74) is 4.86. The van der Waals surface area contributed by atoms with Gasteiger partial charge in [0.25, 0.3) is 0 Å². The predicted molar refractivity (Wildman–Crippen MR) is 130 cm³/mol. The fourth-order valence-electron chi connectivity index (χ4n) is 3.68. The molecule has 0 aliphatic carbocycles. The molecule has 1 aromatic heterocycles. The van der Waals surface area contributed by atoms with Crippen LogP contribution in [-0.2, 0) is 23.5 Å². The van der Waals surface area contributed by atoms with Gasteiger partial charge in [-0.3, -0.25) is 0 Å². The minimum Gasteiger partial charge on any atom is -0.462 e. The second-order valence-corrected chi connectivity index (χ2v) is 9.60. The van der Waals surface area contributed by atoms with Crippen LogP contribution in [0.2, 0.25) is 0 Å². The summed E-state index contributed by atoms with van der Waals surface area (Å²) in [5.74, 6) is 0.0380. The monoisotopic (exact) mass is 504 g/mol. The highest BCUT2D eigenvalue weighted by molar-refractivity contribution is 9.10. The number of nitrogens with zero attached hydrogens (tertiary/aromatic N) is 2. The minimum atomic E-state index is -0.409. The second kappa shape index (κ2) is 10.1. The van der Waals surface area contributed by atoms with E-state index in [2.05, 4.69) is 47.1 Å². The summed E-state index contributed by atoms with van der Waals surface area (Å²) in [5, 5.41) is 11.8. The molecule has 1 heterocycles. The number of esters is 1. The van der Waals surface area contributed by atoms with Gasteiger partial charge in [-0.1, -0.05) is 35.0 Å². The summed E-state index contributed by atoms with van der Waals surface area (Å²) in [6.45, 7) is 6.81. The van der Waals surface area contributed by atoms with Crippen LogP contribution in [0.4, 0.5) is 0 Å². The van der Waals surface area contributed by atoms with Gasteiger partial charge < -0.3 is 14.8 Å². The number of fused-ring (bicyclic) bond motifs is 1. The lowest BCUT2D eigenvalue weighted by Gasteiger charge is -2.15. The number of thioether (sulfide) groups is 1. The summed E-state index contributed by atoms with van der Waals surface area (Å²) in [4.78, 5) is 16.2. The minimum absolute atomic E-state index is 0.276. The fourth-order valence-corrected chi connectivity index (χ4v) is 5.02. The SMILES string of the molecule is CCOC(=O)c1c(CSc2ccc(CC)cc2)n(O)c2cc(C)c(Br)c(CN(C)C)c12. The van der Waals surface area contributed by atoms with Crippen molar-refractivity contribution in [1.29, 1.82) is 0 Å². The Morgan fingerprint density at radius 2 is 1.90 bits per heavy atom. The number of aryl methyl sites for hydroxylation is 2. The van der Waals surface area contributed by atoms with Gasteiger partial charge in [0.2, 0.25) is 0 Å². The van der Waals surface area contributed by atoms with Crippen LogP contribution in [0, 0.1) is 6.92 Å². The van der Waals surface area contributed by atoms with Crippen LogP contribution in [0.15, 0.2) is 39.7 Å². The van der Waals surface area contributed by atoms with Gasteiger partial charge in [-0.25, -0.2) is 4.79 Å². The highest BCUT2D eigenvalue weighted by Crippen LogP contribution is 2.38. The predicted octanol–water partition coefficient (Wildman–Crippen LogP) is 6.04. The van der Waals surface area contributed by atoms with Crippen molar-refractivity contribution in [3.63, 3.8) is 0 Å². The number of carbonyl (C=O) groups is 1. The summed E-state index contributed by atoms with van der Waals surface area (Å²) in [6, 6.07) is 10.3. The first-order chi connectivity index (χ1) is 14.8. The maximum atomic E-state index is 13.0. The molecule has 0 atom stereocenters. The number of ether oxygens (including phenoxy) is 1. The maximum absolute atomic E-state index is 13.0. The summed E-state index contributed by atoms with van der Waals surface area (Å²) >= 11 is 5.29. The molecule has 0 saturated carbocycles. The van der Waals surface area contributed by atoms with E-state index in [1.165, 1.54) is 5.56 Å². The number of aromatic nitrogens is 1. The molecular formula is C24H29BrN2O3S. The Bertz CT molecular complexity index is 1090. The van der Waals surface area contributed by atoms with Crippen LogP contribution >= 0.6 is 27.7 Å². The van der Waals surface area contributed by atoms with Gasteiger partial charge in [0.1, 0.15) is 0 Å². The van der Waals surface area contributed by atoms with E-state index in [-0.39, 0.29) is 6.61 Å². The molecule has 0 radical (unpaired) electrons. The molecule has 0 amide bonds. The quantitative estimate of drug-likeness (QED) is 0.230. The van der Waals surface area contributed by atoms with Crippen LogP contribution in [0.5, 0.6) is 0 Å². The summed E-state index contributed by atoms with van der Waals surface area (Å²) < 4.78 is 7.50. The molecule has 0 aliphatic rings. The van der Waals surface area contributed by atoms with E-state index in [0.29, 0.717) is 29.1 Å². The number of hydrogen-bond donors (Lipinski definition) is 1. The van der Waals surface area contributed by atoms with Gasteiger partial charge in [0, 0.05) is 27.1 Å². The van der Waals surface area contributed by atoms with E-state index in [0.717, 1.165) is 37.0 Å². The largest absolute Gasteiger partial charge is 0.462 e. The first-order valence-corrected chi connectivity index (χ1v) is 12.1. The molecular weight excluding hydrogens is 476 g/mol. The van der Waals surface area contributed by atoms with Crippen LogP contribution in [0.1, 0.15) is 46.6 Å². The average molecular weight is 505 g/mol. The van der Waals surface area contributed by atoms with Crippen LogP contribution in [0.3, 0.4) is 0 Å². The summed E-state index contributed by atoms with van der Waals surface area (Å²) in [6.07, 6.45) is 0.992. The van der Waals surface area contributed by atoms with Gasteiger partial charge in [-0.05, 0) is 69.3 Å². The zero-order valence-electron chi connectivity index (χ0n) is 18.7. The lowest BCUT2D eigenvalue weighted by atomic mass is 10.0. The van der Waals surface area contributed by atoms with E-state index in [9.17, 15) is 10.0 Å². The highest BCUT2D eigenvalue weighted by atomic mass is 79.9. The van der Waals surface area contributed by atoms with Crippen molar-refractivity contribution in [2.24, 2.45) is 0 Å². The highest BCUT2D eigenvalue weighted by Gasteiger charge is 2.28. The standard InChI is InChI=1S/C24H29BrN2O3S/c1-6-16-8-10-17(11-9-16)31-14-20-22(24(28)30-7-2)21-18(13-26(4)5)23(25)15(3)12-19(21)27(20)29/h8-12,29H,6-7,13-14H2,1-5H3. The molecule has 0 spiro atoms. The van der Waals surface area contributed by atoms with Crippen molar-refractivity contribution in [2.75, 3.05) is 20.7 Å². The van der Waals surface area contributed by atoms with Crippen molar-refractivity contribution in [1.82, 2.24) is 9.63 Å². The Kier molecular flexibility index (Phi) is 7.73. The third kappa shape index (κ3) is 4.94. The number of benzene rings is 2. The Hall–Kier alpha value is -1.96. The van der Waals surface area contributed by atoms with Crippen molar-refractivity contribution < 1.29 is 14.7 Å². The molecule has 0 bridgehead atoms. The van der Waals surface area contributed by atoms with Crippen molar-refractivity contribution in [2.45, 2.75) is 44.4 Å². The lowest BCUT2D eigenvalue weighted by molar-refractivity contribution is 0.0524. The average Bonchev–Trinajstić information content (AvgIpc) is 3.01. The van der Waals surface area contributed by atoms with Gasteiger partial charge in [-0.15, -0.1) is 11.8 Å². The smallest absolute Gasteiger partial charge is 0.340 e. The topological polar surface area (TPSA) is 54.7 Å².